The molecule has 1 heterocycles. The van der Waals surface area contributed by atoms with Crippen LogP contribution in [-0.4, -0.2) is 29.2 Å². The molecule has 0 aliphatic heterocycles. The maximum absolute atomic E-state index is 11.6. The van der Waals surface area contributed by atoms with Crippen molar-refractivity contribution in [1.82, 2.24) is 15.6 Å². The number of urea groups is 1. The molecule has 21 heavy (non-hydrogen) atoms. The van der Waals surface area contributed by atoms with Crippen LogP contribution in [0.3, 0.4) is 0 Å². The smallest absolute Gasteiger partial charge is 0.321 e. The van der Waals surface area contributed by atoms with Crippen molar-refractivity contribution in [3.63, 3.8) is 0 Å². The van der Waals surface area contributed by atoms with Gasteiger partial charge in [-0.1, -0.05) is 42.1 Å². The number of aromatic nitrogens is 1. The number of benzene rings is 1. The van der Waals surface area contributed by atoms with Crippen LogP contribution in [0.1, 0.15) is 6.92 Å². The van der Waals surface area contributed by atoms with Gasteiger partial charge in [0.2, 0.25) is 5.91 Å². The van der Waals surface area contributed by atoms with Crippen LogP contribution in [0, 0.1) is 0 Å². The average Bonchev–Trinajstić information content (AvgIpc) is 2.95. The van der Waals surface area contributed by atoms with E-state index in [1.807, 2.05) is 35.7 Å². The minimum absolute atomic E-state index is 0.166. The van der Waals surface area contributed by atoms with E-state index in [0.717, 1.165) is 15.6 Å². The zero-order valence-corrected chi connectivity index (χ0v) is 13.1. The second kappa shape index (κ2) is 7.80. The summed E-state index contributed by atoms with van der Waals surface area (Å²) in [5, 5.41) is 6.72. The second-order valence-corrected chi connectivity index (χ2v) is 6.14. The van der Waals surface area contributed by atoms with Crippen LogP contribution in [0.5, 0.6) is 0 Å². The molecular weight excluding hydrogens is 306 g/mol. The van der Waals surface area contributed by atoms with Gasteiger partial charge in [0.25, 0.3) is 0 Å². The van der Waals surface area contributed by atoms with E-state index in [-0.39, 0.29) is 11.7 Å². The van der Waals surface area contributed by atoms with Crippen molar-refractivity contribution >= 4 is 35.0 Å². The van der Waals surface area contributed by atoms with Crippen LogP contribution in [0.2, 0.25) is 0 Å². The predicted octanol–water partition coefficient (Wildman–Crippen LogP) is 2.75. The number of rotatable bonds is 5. The van der Waals surface area contributed by atoms with Crippen LogP contribution in [0.25, 0.3) is 11.3 Å². The fourth-order valence-corrected chi connectivity index (χ4v) is 3.20. The lowest BCUT2D eigenvalue weighted by Gasteiger charge is -2.03. The van der Waals surface area contributed by atoms with Crippen molar-refractivity contribution in [2.75, 3.05) is 12.3 Å². The molecule has 0 unspecified atom stereocenters. The molecule has 0 saturated heterocycles. The highest BCUT2D eigenvalue weighted by Gasteiger charge is 2.10. The van der Waals surface area contributed by atoms with Gasteiger partial charge in [-0.25, -0.2) is 9.78 Å². The molecule has 0 aliphatic rings. The lowest BCUT2D eigenvalue weighted by atomic mass is 10.2. The fraction of sp³-hybridized carbons (Fsp3) is 0.214. The molecule has 0 atom stereocenters. The molecule has 0 spiro atoms. The van der Waals surface area contributed by atoms with Crippen LogP contribution in [-0.2, 0) is 4.79 Å². The van der Waals surface area contributed by atoms with E-state index >= 15 is 0 Å². The summed E-state index contributed by atoms with van der Waals surface area (Å²) < 4.78 is 0.805. The zero-order chi connectivity index (χ0) is 15.1. The Morgan fingerprint density at radius 3 is 2.76 bits per heavy atom. The molecule has 5 nitrogen and oxygen atoms in total. The van der Waals surface area contributed by atoms with Gasteiger partial charge in [0.1, 0.15) is 0 Å². The number of thioether (sulfide) groups is 1. The molecule has 110 valence electrons. The van der Waals surface area contributed by atoms with Gasteiger partial charge in [0.15, 0.2) is 4.34 Å². The molecule has 2 aromatic rings. The van der Waals surface area contributed by atoms with Crippen LogP contribution >= 0.6 is 23.1 Å². The normalized spacial score (nSPS) is 10.1. The third-order valence-electron chi connectivity index (χ3n) is 2.47. The number of carbonyl (C=O) groups is 2. The van der Waals surface area contributed by atoms with Gasteiger partial charge >= 0.3 is 6.03 Å². The van der Waals surface area contributed by atoms with Crippen molar-refractivity contribution in [3.8, 4) is 11.3 Å². The van der Waals surface area contributed by atoms with E-state index in [0.29, 0.717) is 6.54 Å². The van der Waals surface area contributed by atoms with E-state index in [4.69, 9.17) is 0 Å². The molecule has 1 aromatic carbocycles. The number of nitrogens with zero attached hydrogens (tertiary/aromatic N) is 1. The van der Waals surface area contributed by atoms with Crippen molar-refractivity contribution in [2.45, 2.75) is 11.3 Å². The molecule has 7 heteroatoms. The molecule has 0 saturated carbocycles. The number of hydrogen-bond donors (Lipinski definition) is 2. The first kappa shape index (κ1) is 15.5. The Morgan fingerprint density at radius 1 is 1.29 bits per heavy atom. The molecule has 0 aliphatic carbocycles. The van der Waals surface area contributed by atoms with Gasteiger partial charge in [-0.3, -0.25) is 10.1 Å². The van der Waals surface area contributed by atoms with Crippen molar-refractivity contribution in [1.29, 1.82) is 0 Å². The largest absolute Gasteiger partial charge is 0.338 e. The Morgan fingerprint density at radius 2 is 2.05 bits per heavy atom. The molecule has 0 fully saturated rings. The first-order valence-corrected chi connectivity index (χ1v) is 8.27. The van der Waals surface area contributed by atoms with E-state index in [2.05, 4.69) is 15.6 Å². The van der Waals surface area contributed by atoms with Crippen molar-refractivity contribution < 1.29 is 9.59 Å². The summed E-state index contributed by atoms with van der Waals surface area (Å²) in [7, 11) is 0. The molecule has 0 bridgehead atoms. The SMILES string of the molecule is CCNC(=O)NC(=O)CSc1nc(-c2ccccc2)cs1. The highest BCUT2D eigenvalue weighted by atomic mass is 32.2. The monoisotopic (exact) mass is 321 g/mol. The topological polar surface area (TPSA) is 71.1 Å². The number of amides is 3. The summed E-state index contributed by atoms with van der Waals surface area (Å²) in [4.78, 5) is 27.2. The maximum Gasteiger partial charge on any atom is 0.321 e. The number of imide groups is 1. The number of hydrogen-bond acceptors (Lipinski definition) is 5. The molecule has 2 rings (SSSR count). The first-order valence-electron chi connectivity index (χ1n) is 6.40. The highest BCUT2D eigenvalue weighted by Crippen LogP contribution is 2.27. The molecule has 1 aromatic heterocycles. The molecule has 2 N–H and O–H groups in total. The Kier molecular flexibility index (Phi) is 5.77. The minimum atomic E-state index is -0.466. The molecule has 3 amide bonds. The van der Waals surface area contributed by atoms with E-state index in [9.17, 15) is 9.59 Å². The Bertz CT molecular complexity index is 614. The van der Waals surface area contributed by atoms with Crippen LogP contribution in [0.15, 0.2) is 40.1 Å². The van der Waals surface area contributed by atoms with Crippen molar-refractivity contribution in [2.24, 2.45) is 0 Å². The summed E-state index contributed by atoms with van der Waals surface area (Å²) in [6.07, 6.45) is 0. The Hall–Kier alpha value is -1.86. The van der Waals surface area contributed by atoms with Gasteiger partial charge in [-0.15, -0.1) is 11.3 Å². The summed E-state index contributed by atoms with van der Waals surface area (Å²) >= 11 is 2.81. The van der Waals surface area contributed by atoms with Gasteiger partial charge in [0.05, 0.1) is 11.4 Å². The molecule has 0 radical (unpaired) electrons. The predicted molar refractivity (Wildman–Crippen MR) is 85.5 cm³/mol. The lowest BCUT2D eigenvalue weighted by molar-refractivity contribution is -0.117. The average molecular weight is 321 g/mol. The minimum Gasteiger partial charge on any atom is -0.338 e. The maximum atomic E-state index is 11.6. The van der Waals surface area contributed by atoms with Gasteiger partial charge in [-0.05, 0) is 6.92 Å². The zero-order valence-electron chi connectivity index (χ0n) is 11.5. The summed E-state index contributed by atoms with van der Waals surface area (Å²) in [6, 6.07) is 9.39. The van der Waals surface area contributed by atoms with Gasteiger partial charge in [0, 0.05) is 17.5 Å². The van der Waals surface area contributed by atoms with E-state index in [1.54, 1.807) is 6.92 Å². The summed E-state index contributed by atoms with van der Waals surface area (Å²) in [6.45, 7) is 2.28. The van der Waals surface area contributed by atoms with Gasteiger partial charge < -0.3 is 5.32 Å². The quantitative estimate of drug-likeness (QED) is 0.831. The second-order valence-electron chi connectivity index (χ2n) is 4.06. The Balaban J connectivity index is 1.86. The highest BCUT2D eigenvalue weighted by molar-refractivity contribution is 8.01. The van der Waals surface area contributed by atoms with E-state index < -0.39 is 6.03 Å². The standard InChI is InChI=1S/C14H15N3O2S2/c1-2-15-13(19)17-12(18)9-21-14-16-11(8-20-14)10-6-4-3-5-7-10/h3-8H,2,9H2,1H3,(H2,15,17,18,19). The fourth-order valence-electron chi connectivity index (χ4n) is 1.56. The van der Waals surface area contributed by atoms with Crippen molar-refractivity contribution in [3.05, 3.63) is 35.7 Å². The third kappa shape index (κ3) is 4.87. The van der Waals surface area contributed by atoms with E-state index in [1.165, 1.54) is 23.1 Å². The first-order chi connectivity index (χ1) is 10.2. The summed E-state index contributed by atoms with van der Waals surface area (Å²) in [5.74, 6) is -0.166. The third-order valence-corrected chi connectivity index (χ3v) is 4.49. The lowest BCUT2D eigenvalue weighted by Crippen LogP contribution is -2.40. The van der Waals surface area contributed by atoms with Crippen LogP contribution < -0.4 is 10.6 Å². The number of carbonyl (C=O) groups excluding carboxylic acids is 2. The van der Waals surface area contributed by atoms with Gasteiger partial charge in [-0.2, -0.15) is 0 Å². The van der Waals surface area contributed by atoms with Crippen LogP contribution in [0.4, 0.5) is 4.79 Å². The number of thiazole rings is 1. The Labute approximate surface area is 131 Å². The molecular formula is C14H15N3O2S2. The number of nitrogens with one attached hydrogen (secondary N) is 2. The summed E-state index contributed by atoms with van der Waals surface area (Å²) in [5.41, 5.74) is 1.94.